The summed E-state index contributed by atoms with van der Waals surface area (Å²) < 4.78 is 47.4. The first kappa shape index (κ1) is 13.3. The number of hydrogen-bond acceptors (Lipinski definition) is 4. The molecule has 4 rings (SSSR count). The minimum atomic E-state index is -5.01. The molecule has 0 heterocycles. The summed E-state index contributed by atoms with van der Waals surface area (Å²) in [4.78, 5) is 11.3. The second kappa shape index (κ2) is 4.15. The zero-order valence-electron chi connectivity index (χ0n) is 10.4. The Morgan fingerprint density at radius 3 is 2.37 bits per heavy atom. The van der Waals surface area contributed by atoms with E-state index in [1.54, 1.807) is 0 Å². The van der Waals surface area contributed by atoms with E-state index in [0.29, 0.717) is 17.8 Å². The zero-order chi connectivity index (χ0) is 13.8. The van der Waals surface area contributed by atoms with Crippen molar-refractivity contribution in [2.75, 3.05) is 6.61 Å². The fraction of sp³-hybridized carbons (Fsp3) is 0.917. The molecule has 3 atom stereocenters. The zero-order valence-corrected chi connectivity index (χ0v) is 11.2. The minimum absolute atomic E-state index is 0.0747. The van der Waals surface area contributed by atoms with E-state index < -0.39 is 21.6 Å². The summed E-state index contributed by atoms with van der Waals surface area (Å²) in [7, 11) is -5.01. The fourth-order valence-electron chi connectivity index (χ4n) is 4.57. The third-order valence-electron chi connectivity index (χ3n) is 5.02. The molecule has 19 heavy (non-hydrogen) atoms. The molecule has 1 N–H and O–H groups in total. The highest BCUT2D eigenvalue weighted by atomic mass is 32.2. The van der Waals surface area contributed by atoms with Gasteiger partial charge >= 0.3 is 21.6 Å². The lowest BCUT2D eigenvalue weighted by Gasteiger charge is -2.37. The largest absolute Gasteiger partial charge is 0.462 e. The van der Waals surface area contributed by atoms with Gasteiger partial charge in [0.15, 0.2) is 0 Å². The smallest absolute Gasteiger partial charge is 0.359 e. The van der Waals surface area contributed by atoms with E-state index in [2.05, 4.69) is 0 Å². The van der Waals surface area contributed by atoms with Gasteiger partial charge in [-0.15, -0.1) is 0 Å². The highest BCUT2D eigenvalue weighted by molar-refractivity contribution is 7.87. The molecule has 0 spiro atoms. The van der Waals surface area contributed by atoms with E-state index in [1.807, 2.05) is 0 Å². The number of halogens is 1. The van der Waals surface area contributed by atoms with Gasteiger partial charge in [-0.1, -0.05) is 0 Å². The highest BCUT2D eigenvalue weighted by Gasteiger charge is 2.56. The Labute approximate surface area is 111 Å². The molecule has 4 saturated carbocycles. The van der Waals surface area contributed by atoms with E-state index in [9.17, 15) is 17.6 Å². The first-order chi connectivity index (χ1) is 8.79. The Morgan fingerprint density at radius 2 is 1.89 bits per heavy atom. The van der Waals surface area contributed by atoms with Crippen molar-refractivity contribution in [3.05, 3.63) is 0 Å². The normalized spacial score (nSPS) is 41.5. The molecule has 5 nitrogen and oxygen atoms in total. The van der Waals surface area contributed by atoms with E-state index in [4.69, 9.17) is 9.29 Å². The number of ether oxygens (including phenoxy) is 1. The van der Waals surface area contributed by atoms with E-state index in [-0.39, 0.29) is 12.0 Å². The maximum absolute atomic E-state index is 13.1. The molecule has 0 aromatic carbocycles. The molecule has 4 fully saturated rings. The number of alkyl halides is 1. The van der Waals surface area contributed by atoms with Gasteiger partial charge in [-0.25, -0.2) is 9.18 Å². The van der Waals surface area contributed by atoms with Crippen molar-refractivity contribution in [2.45, 2.75) is 37.6 Å². The van der Waals surface area contributed by atoms with Crippen molar-refractivity contribution in [1.29, 1.82) is 0 Å². The first-order valence-corrected chi connectivity index (χ1v) is 8.06. The van der Waals surface area contributed by atoms with Crippen LogP contribution in [0.5, 0.6) is 0 Å². The van der Waals surface area contributed by atoms with Crippen molar-refractivity contribution in [3.8, 4) is 0 Å². The minimum Gasteiger partial charge on any atom is -0.462 e. The molecule has 0 aliphatic heterocycles. The number of carbonyl (C=O) groups is 1. The summed E-state index contributed by atoms with van der Waals surface area (Å²) in [5.74, 6) is 0.568. The Balaban J connectivity index is 1.60. The highest BCUT2D eigenvalue weighted by Crippen LogP contribution is 2.64. The molecule has 0 saturated heterocycles. The van der Waals surface area contributed by atoms with Crippen LogP contribution < -0.4 is 0 Å². The lowest BCUT2D eigenvalue weighted by molar-refractivity contribution is -0.151. The van der Waals surface area contributed by atoms with Crippen LogP contribution in [0.2, 0.25) is 0 Å². The van der Waals surface area contributed by atoms with Gasteiger partial charge in [-0.3, -0.25) is 4.55 Å². The summed E-state index contributed by atoms with van der Waals surface area (Å²) in [6, 6.07) is 0. The molecule has 4 aliphatic carbocycles. The van der Waals surface area contributed by atoms with Crippen molar-refractivity contribution < 1.29 is 26.9 Å². The monoisotopic (exact) mass is 292 g/mol. The molecule has 0 aromatic heterocycles. The Hall–Kier alpha value is -0.690. The summed E-state index contributed by atoms with van der Waals surface area (Å²) in [5.41, 5.74) is -3.07. The van der Waals surface area contributed by atoms with Crippen LogP contribution in [0, 0.1) is 23.2 Å². The van der Waals surface area contributed by atoms with Crippen molar-refractivity contribution in [1.82, 2.24) is 0 Å². The lowest BCUT2D eigenvalue weighted by Crippen LogP contribution is -2.35. The van der Waals surface area contributed by atoms with Gasteiger partial charge in [-0.2, -0.15) is 8.42 Å². The van der Waals surface area contributed by atoms with Crippen molar-refractivity contribution >= 4 is 16.1 Å². The third-order valence-corrected chi connectivity index (χ3v) is 5.73. The number of hydrogen-bond donors (Lipinski definition) is 1. The van der Waals surface area contributed by atoms with Gasteiger partial charge in [0.2, 0.25) is 0 Å². The molecule has 4 bridgehead atoms. The summed E-state index contributed by atoms with van der Waals surface area (Å²) in [5, 5.41) is 0. The van der Waals surface area contributed by atoms with Crippen molar-refractivity contribution in [2.24, 2.45) is 23.2 Å². The van der Waals surface area contributed by atoms with E-state index in [1.165, 1.54) is 12.8 Å². The molecule has 7 heteroatoms. The van der Waals surface area contributed by atoms with Crippen LogP contribution in [0.15, 0.2) is 0 Å². The van der Waals surface area contributed by atoms with Crippen LogP contribution in [0.3, 0.4) is 0 Å². The van der Waals surface area contributed by atoms with Crippen LogP contribution in [0.1, 0.15) is 32.1 Å². The van der Waals surface area contributed by atoms with Gasteiger partial charge in [0, 0.05) is 5.41 Å². The second-order valence-electron chi connectivity index (χ2n) is 6.41. The molecular formula is C12H17FO5S. The average molecular weight is 292 g/mol. The third kappa shape index (κ3) is 2.27. The van der Waals surface area contributed by atoms with E-state index in [0.717, 1.165) is 19.3 Å². The van der Waals surface area contributed by atoms with Crippen LogP contribution >= 0.6 is 0 Å². The first-order valence-electron chi connectivity index (χ1n) is 6.56. The van der Waals surface area contributed by atoms with E-state index >= 15 is 0 Å². The standard InChI is InChI=1S/C12H17FO5S/c13-10(19(15,16)17)11(14)18-6-12-3-7-1-8(4-12)9(2-7)5-12/h7-10H,1-6H2,(H,15,16,17). The molecule has 0 aromatic rings. The molecule has 0 radical (unpaired) electrons. The van der Waals surface area contributed by atoms with Crippen LogP contribution in [0.4, 0.5) is 4.39 Å². The predicted molar refractivity (Wildman–Crippen MR) is 63.4 cm³/mol. The van der Waals surface area contributed by atoms with Crippen LogP contribution in [-0.4, -0.2) is 31.1 Å². The SMILES string of the molecule is O=C(OCC12CC3CC(C1)C(C3)C2)C(F)S(=O)(=O)O. The van der Waals surface area contributed by atoms with Gasteiger partial charge in [0.25, 0.3) is 0 Å². The lowest BCUT2D eigenvalue weighted by atomic mass is 9.70. The maximum atomic E-state index is 13.1. The molecular weight excluding hydrogens is 275 g/mol. The van der Waals surface area contributed by atoms with Gasteiger partial charge < -0.3 is 4.74 Å². The van der Waals surface area contributed by atoms with Gasteiger partial charge in [0.1, 0.15) is 0 Å². The summed E-state index contributed by atoms with van der Waals surface area (Å²) >= 11 is 0. The summed E-state index contributed by atoms with van der Waals surface area (Å²) in [6.45, 7) is 0.0747. The number of carbonyl (C=O) groups excluding carboxylic acids is 1. The maximum Gasteiger partial charge on any atom is 0.359 e. The fourth-order valence-corrected chi connectivity index (χ4v) is 4.88. The molecule has 0 amide bonds. The van der Waals surface area contributed by atoms with Crippen LogP contribution in [-0.2, 0) is 19.6 Å². The Bertz CT molecular complexity index is 483. The predicted octanol–water partition coefficient (Wildman–Crippen LogP) is 1.54. The van der Waals surface area contributed by atoms with Gasteiger partial charge in [-0.05, 0) is 49.9 Å². The second-order valence-corrected chi connectivity index (χ2v) is 7.85. The molecule has 3 unspecified atom stereocenters. The average Bonchev–Trinajstić information content (AvgIpc) is 2.72. The topological polar surface area (TPSA) is 80.7 Å². The quantitative estimate of drug-likeness (QED) is 0.628. The number of esters is 1. The number of rotatable bonds is 4. The van der Waals surface area contributed by atoms with Crippen LogP contribution in [0.25, 0.3) is 0 Å². The van der Waals surface area contributed by atoms with Gasteiger partial charge in [0.05, 0.1) is 6.61 Å². The molecule has 4 aliphatic rings. The Kier molecular flexibility index (Phi) is 2.91. The molecule has 108 valence electrons. The summed E-state index contributed by atoms with van der Waals surface area (Å²) in [6.07, 6.45) is 5.46. The van der Waals surface area contributed by atoms with Crippen molar-refractivity contribution in [3.63, 3.8) is 0 Å². The Morgan fingerprint density at radius 1 is 1.32 bits per heavy atom.